The van der Waals surface area contributed by atoms with Gasteiger partial charge in [0, 0.05) is 23.5 Å². The molecule has 0 spiro atoms. The van der Waals surface area contributed by atoms with Crippen LogP contribution < -0.4 is 0 Å². The fraction of sp³-hybridized carbons (Fsp3) is 0.438. The molecule has 1 N–H and O–H groups in total. The summed E-state index contributed by atoms with van der Waals surface area (Å²) in [6, 6.07) is 7.83. The van der Waals surface area contributed by atoms with Crippen LogP contribution in [0.4, 0.5) is 0 Å². The van der Waals surface area contributed by atoms with E-state index in [0.717, 1.165) is 34.6 Å². The Bertz CT molecular complexity index is 566. The van der Waals surface area contributed by atoms with E-state index in [-0.39, 0.29) is 6.61 Å². The van der Waals surface area contributed by atoms with Crippen molar-refractivity contribution >= 4 is 23.4 Å². The number of rotatable bonds is 7. The van der Waals surface area contributed by atoms with Gasteiger partial charge in [-0.15, -0.1) is 0 Å². The standard InChI is InChI=1S/C16H21ClN2OS/c1-12(2)7-8-21-16-18-15(11-20)10-19(16)9-13-3-5-14(17)6-4-13/h3-6,10,12,20H,7-9,11H2,1-2H3. The largest absolute Gasteiger partial charge is 0.390 e. The second-order valence-electron chi connectivity index (χ2n) is 5.46. The first kappa shape index (κ1) is 16.4. The van der Waals surface area contributed by atoms with E-state index in [1.807, 2.05) is 30.5 Å². The van der Waals surface area contributed by atoms with E-state index in [9.17, 15) is 5.11 Å². The number of aromatic nitrogens is 2. The average molecular weight is 325 g/mol. The highest BCUT2D eigenvalue weighted by Gasteiger charge is 2.09. The summed E-state index contributed by atoms with van der Waals surface area (Å²) in [5, 5.41) is 11.0. The van der Waals surface area contributed by atoms with Gasteiger partial charge in [-0.05, 0) is 30.0 Å². The van der Waals surface area contributed by atoms with Gasteiger partial charge in [0.2, 0.25) is 0 Å². The van der Waals surface area contributed by atoms with E-state index in [1.54, 1.807) is 11.8 Å². The Morgan fingerprint density at radius 1 is 1.29 bits per heavy atom. The van der Waals surface area contributed by atoms with Crippen LogP contribution in [0.3, 0.4) is 0 Å². The molecule has 1 heterocycles. The molecule has 0 fully saturated rings. The molecule has 3 nitrogen and oxygen atoms in total. The van der Waals surface area contributed by atoms with Gasteiger partial charge < -0.3 is 9.67 Å². The Balaban J connectivity index is 2.09. The molecule has 0 aliphatic carbocycles. The topological polar surface area (TPSA) is 38.1 Å². The zero-order chi connectivity index (χ0) is 15.2. The first-order valence-electron chi connectivity index (χ1n) is 7.12. The second kappa shape index (κ2) is 7.87. The molecule has 2 aromatic rings. The SMILES string of the molecule is CC(C)CCSc1nc(CO)cn1Cc1ccc(Cl)cc1. The number of aliphatic hydroxyl groups is 1. The highest BCUT2D eigenvalue weighted by molar-refractivity contribution is 7.99. The monoisotopic (exact) mass is 324 g/mol. The summed E-state index contributed by atoms with van der Waals surface area (Å²) in [5.41, 5.74) is 1.89. The van der Waals surface area contributed by atoms with Gasteiger partial charge in [-0.1, -0.05) is 49.3 Å². The van der Waals surface area contributed by atoms with Crippen molar-refractivity contribution in [3.63, 3.8) is 0 Å². The molecule has 0 radical (unpaired) electrons. The predicted octanol–water partition coefficient (Wildman–Crippen LogP) is 4.22. The summed E-state index contributed by atoms with van der Waals surface area (Å²) >= 11 is 7.66. The van der Waals surface area contributed by atoms with Crippen molar-refractivity contribution in [1.29, 1.82) is 0 Å². The zero-order valence-corrected chi connectivity index (χ0v) is 14.0. The van der Waals surface area contributed by atoms with E-state index >= 15 is 0 Å². The number of halogens is 1. The molecule has 0 aliphatic heterocycles. The highest BCUT2D eigenvalue weighted by Crippen LogP contribution is 2.22. The van der Waals surface area contributed by atoms with Gasteiger partial charge in [-0.25, -0.2) is 4.98 Å². The maximum absolute atomic E-state index is 9.29. The van der Waals surface area contributed by atoms with Crippen LogP contribution in [0.5, 0.6) is 0 Å². The van der Waals surface area contributed by atoms with E-state index < -0.39 is 0 Å². The van der Waals surface area contributed by atoms with Crippen LogP contribution in [0.25, 0.3) is 0 Å². The van der Waals surface area contributed by atoms with Gasteiger partial charge in [-0.2, -0.15) is 0 Å². The Morgan fingerprint density at radius 2 is 2.00 bits per heavy atom. The van der Waals surface area contributed by atoms with Crippen molar-refractivity contribution in [1.82, 2.24) is 9.55 Å². The quantitative estimate of drug-likeness (QED) is 0.775. The summed E-state index contributed by atoms with van der Waals surface area (Å²) in [5.74, 6) is 1.73. The molecule has 1 aromatic heterocycles. The average Bonchev–Trinajstić information content (AvgIpc) is 2.83. The Labute approximate surface area is 135 Å². The lowest BCUT2D eigenvalue weighted by Gasteiger charge is -2.08. The second-order valence-corrected chi connectivity index (χ2v) is 6.96. The number of aliphatic hydroxyl groups excluding tert-OH is 1. The summed E-state index contributed by atoms with van der Waals surface area (Å²) in [7, 11) is 0. The Hall–Kier alpha value is -0.970. The maximum Gasteiger partial charge on any atom is 0.168 e. The third-order valence-electron chi connectivity index (χ3n) is 3.14. The van der Waals surface area contributed by atoms with Crippen molar-refractivity contribution in [3.05, 3.63) is 46.7 Å². The van der Waals surface area contributed by atoms with Gasteiger partial charge in [0.05, 0.1) is 12.3 Å². The van der Waals surface area contributed by atoms with Crippen LogP contribution >= 0.6 is 23.4 Å². The van der Waals surface area contributed by atoms with Crippen LogP contribution in [0.15, 0.2) is 35.6 Å². The van der Waals surface area contributed by atoms with Crippen LogP contribution in [-0.2, 0) is 13.2 Å². The van der Waals surface area contributed by atoms with Crippen molar-refractivity contribution in [2.45, 2.75) is 38.6 Å². The molecule has 0 amide bonds. The van der Waals surface area contributed by atoms with Crippen molar-refractivity contribution in [3.8, 4) is 0 Å². The minimum Gasteiger partial charge on any atom is -0.390 e. The third-order valence-corrected chi connectivity index (χ3v) is 4.42. The molecule has 0 unspecified atom stereocenters. The summed E-state index contributed by atoms with van der Waals surface area (Å²) in [6.07, 6.45) is 3.08. The van der Waals surface area contributed by atoms with E-state index in [2.05, 4.69) is 23.4 Å². The van der Waals surface area contributed by atoms with Gasteiger partial charge in [0.25, 0.3) is 0 Å². The number of nitrogens with zero attached hydrogens (tertiary/aromatic N) is 2. The lowest BCUT2D eigenvalue weighted by atomic mass is 10.2. The fourth-order valence-corrected chi connectivity index (χ4v) is 3.29. The molecule has 1 aromatic carbocycles. The molecule has 2 rings (SSSR count). The lowest BCUT2D eigenvalue weighted by molar-refractivity contribution is 0.277. The fourth-order valence-electron chi connectivity index (χ4n) is 1.93. The number of benzene rings is 1. The van der Waals surface area contributed by atoms with E-state index in [4.69, 9.17) is 11.6 Å². The molecular formula is C16H21ClN2OS. The minimum absolute atomic E-state index is 0.0225. The van der Waals surface area contributed by atoms with Gasteiger partial charge in [-0.3, -0.25) is 0 Å². The number of thioether (sulfide) groups is 1. The molecule has 0 bridgehead atoms. The molecule has 114 valence electrons. The Morgan fingerprint density at radius 3 is 2.62 bits per heavy atom. The maximum atomic E-state index is 9.29. The highest BCUT2D eigenvalue weighted by atomic mass is 35.5. The lowest BCUT2D eigenvalue weighted by Crippen LogP contribution is -2.01. The predicted molar refractivity (Wildman–Crippen MR) is 88.9 cm³/mol. The zero-order valence-electron chi connectivity index (χ0n) is 12.4. The van der Waals surface area contributed by atoms with Crippen molar-refractivity contribution in [2.24, 2.45) is 5.92 Å². The molecule has 0 atom stereocenters. The van der Waals surface area contributed by atoms with Crippen LogP contribution in [0.2, 0.25) is 5.02 Å². The summed E-state index contributed by atoms with van der Waals surface area (Å²) in [6.45, 7) is 5.17. The van der Waals surface area contributed by atoms with Gasteiger partial charge >= 0.3 is 0 Å². The van der Waals surface area contributed by atoms with Crippen LogP contribution in [-0.4, -0.2) is 20.4 Å². The first-order valence-corrected chi connectivity index (χ1v) is 8.49. The molecule has 0 aliphatic rings. The molecule has 0 saturated heterocycles. The molecule has 5 heteroatoms. The molecule has 21 heavy (non-hydrogen) atoms. The number of hydrogen-bond donors (Lipinski definition) is 1. The van der Waals surface area contributed by atoms with Gasteiger partial charge in [0.15, 0.2) is 5.16 Å². The van der Waals surface area contributed by atoms with Crippen LogP contribution in [0.1, 0.15) is 31.5 Å². The molecule has 0 saturated carbocycles. The van der Waals surface area contributed by atoms with E-state index in [0.29, 0.717) is 5.92 Å². The summed E-state index contributed by atoms with van der Waals surface area (Å²) in [4.78, 5) is 4.49. The normalized spacial score (nSPS) is 11.3. The summed E-state index contributed by atoms with van der Waals surface area (Å²) < 4.78 is 2.10. The third kappa shape index (κ3) is 5.06. The number of imidazole rings is 1. The number of hydrogen-bond acceptors (Lipinski definition) is 3. The van der Waals surface area contributed by atoms with Crippen molar-refractivity contribution in [2.75, 3.05) is 5.75 Å². The minimum atomic E-state index is -0.0225. The Kier molecular flexibility index (Phi) is 6.15. The smallest absolute Gasteiger partial charge is 0.168 e. The van der Waals surface area contributed by atoms with Gasteiger partial charge in [0.1, 0.15) is 0 Å². The van der Waals surface area contributed by atoms with Crippen molar-refractivity contribution < 1.29 is 5.11 Å². The molecular weight excluding hydrogens is 304 g/mol. The van der Waals surface area contributed by atoms with Crippen LogP contribution in [0, 0.1) is 5.92 Å². The van der Waals surface area contributed by atoms with E-state index in [1.165, 1.54) is 5.56 Å². The first-order chi connectivity index (χ1) is 10.1.